The number of rotatable bonds is 5. The van der Waals surface area contributed by atoms with Crippen LogP contribution in [0.15, 0.2) is 54.6 Å². The van der Waals surface area contributed by atoms with Crippen LogP contribution in [-0.4, -0.2) is 41.1 Å². The Labute approximate surface area is 153 Å². The molecule has 0 aromatic heterocycles. The monoisotopic (exact) mass is 353 g/mol. The number of fused-ring (bicyclic) bond motifs is 1. The lowest BCUT2D eigenvalue weighted by Crippen LogP contribution is -2.31. The lowest BCUT2D eigenvalue weighted by molar-refractivity contribution is 0.0930. The molecule has 0 bridgehead atoms. The van der Waals surface area contributed by atoms with Gasteiger partial charge in [-0.1, -0.05) is 30.3 Å². The number of phenolic OH excluding ortho intramolecular Hbond substituents is 1. The van der Waals surface area contributed by atoms with E-state index in [2.05, 4.69) is 4.90 Å². The van der Waals surface area contributed by atoms with Gasteiger partial charge in [0.25, 0.3) is 0 Å². The molecule has 2 aromatic rings. The van der Waals surface area contributed by atoms with Crippen molar-refractivity contribution in [1.29, 1.82) is 0 Å². The molecule has 1 saturated carbocycles. The number of carbonyl (C=O) groups excluding carboxylic acids is 1. The maximum absolute atomic E-state index is 15.3. The Balaban J connectivity index is 1.33. The van der Waals surface area contributed by atoms with Crippen molar-refractivity contribution in [2.24, 2.45) is 11.8 Å². The number of nitrogens with zero attached hydrogens (tertiary/aromatic N) is 1. The van der Waals surface area contributed by atoms with Crippen LogP contribution in [0.5, 0.6) is 5.75 Å². The Morgan fingerprint density at radius 1 is 1.04 bits per heavy atom. The van der Waals surface area contributed by atoms with Crippen molar-refractivity contribution in [2.45, 2.75) is 24.9 Å². The number of halogens is 1. The molecule has 1 aliphatic heterocycles. The van der Waals surface area contributed by atoms with E-state index in [0.717, 1.165) is 18.7 Å². The van der Waals surface area contributed by atoms with E-state index < -0.39 is 5.67 Å². The molecular formula is C22H24FNO2. The number of alkyl halides is 1. The maximum Gasteiger partial charge on any atom is 0.176 e. The predicted octanol–water partition coefficient (Wildman–Crippen LogP) is 3.87. The molecule has 0 amide bonds. The maximum atomic E-state index is 15.3. The van der Waals surface area contributed by atoms with Crippen LogP contribution in [0.1, 0.15) is 28.8 Å². The zero-order valence-corrected chi connectivity index (χ0v) is 14.8. The predicted molar refractivity (Wildman–Crippen MR) is 99.1 cm³/mol. The van der Waals surface area contributed by atoms with Crippen LogP contribution in [0, 0.1) is 11.8 Å². The van der Waals surface area contributed by atoms with Gasteiger partial charge in [0.1, 0.15) is 11.4 Å². The molecule has 1 saturated heterocycles. The summed E-state index contributed by atoms with van der Waals surface area (Å²) in [5.41, 5.74) is 0.571. The second-order valence-electron chi connectivity index (χ2n) is 7.91. The van der Waals surface area contributed by atoms with E-state index in [-0.39, 0.29) is 11.5 Å². The van der Waals surface area contributed by atoms with E-state index in [4.69, 9.17) is 0 Å². The number of Topliss-reactive ketones (excluding diaryl/α,β-unsaturated/α-hetero) is 1. The summed E-state index contributed by atoms with van der Waals surface area (Å²) in [6, 6.07) is 16.3. The van der Waals surface area contributed by atoms with Gasteiger partial charge < -0.3 is 5.11 Å². The minimum Gasteiger partial charge on any atom is -0.508 e. The first-order valence-corrected chi connectivity index (χ1v) is 9.28. The highest BCUT2D eigenvalue weighted by Crippen LogP contribution is 2.47. The normalized spacial score (nSPS) is 28.2. The number of likely N-dealkylation sites (tertiary alicyclic amines) is 1. The Kier molecular flexibility index (Phi) is 4.53. The molecule has 0 spiro atoms. The fourth-order valence-corrected chi connectivity index (χ4v) is 4.70. The minimum absolute atomic E-state index is 0.0563. The molecule has 2 aliphatic rings. The van der Waals surface area contributed by atoms with Crippen LogP contribution in [0.3, 0.4) is 0 Å². The molecule has 3 nitrogen and oxygen atoms in total. The van der Waals surface area contributed by atoms with Crippen LogP contribution in [-0.2, 0) is 6.42 Å². The third-order valence-corrected chi connectivity index (χ3v) is 5.83. The smallest absolute Gasteiger partial charge is 0.176 e. The summed E-state index contributed by atoms with van der Waals surface area (Å²) >= 11 is 0. The summed E-state index contributed by atoms with van der Waals surface area (Å²) in [5, 5.41) is 9.33. The fraction of sp³-hybridized carbons (Fsp3) is 0.409. The zero-order valence-electron chi connectivity index (χ0n) is 14.8. The van der Waals surface area contributed by atoms with Gasteiger partial charge in [0, 0.05) is 25.1 Å². The van der Waals surface area contributed by atoms with Crippen LogP contribution in [0.2, 0.25) is 0 Å². The summed E-state index contributed by atoms with van der Waals surface area (Å²) in [5.74, 6) is 0.906. The first-order chi connectivity index (χ1) is 12.5. The number of ketones is 1. The van der Waals surface area contributed by atoms with Crippen LogP contribution < -0.4 is 0 Å². The van der Waals surface area contributed by atoms with Gasteiger partial charge in [-0.15, -0.1) is 0 Å². The number of carbonyl (C=O) groups is 1. The molecule has 3 atom stereocenters. The van der Waals surface area contributed by atoms with E-state index in [1.54, 1.807) is 12.1 Å². The number of hydrogen-bond acceptors (Lipinski definition) is 3. The van der Waals surface area contributed by atoms with Crippen molar-refractivity contribution < 1.29 is 14.3 Å². The number of benzene rings is 2. The van der Waals surface area contributed by atoms with Crippen molar-refractivity contribution >= 4 is 5.78 Å². The average molecular weight is 353 g/mol. The van der Waals surface area contributed by atoms with Crippen molar-refractivity contribution in [3.05, 3.63) is 65.7 Å². The summed E-state index contributed by atoms with van der Waals surface area (Å²) in [7, 11) is 0. The van der Waals surface area contributed by atoms with Gasteiger partial charge in [-0.05, 0) is 54.5 Å². The van der Waals surface area contributed by atoms with Crippen molar-refractivity contribution in [3.63, 3.8) is 0 Å². The molecule has 26 heavy (non-hydrogen) atoms. The number of aromatic hydroxyl groups is 1. The highest BCUT2D eigenvalue weighted by molar-refractivity contribution is 5.97. The molecule has 2 fully saturated rings. The number of hydrogen-bond donors (Lipinski definition) is 1. The fourth-order valence-electron chi connectivity index (χ4n) is 4.70. The molecule has 1 N–H and O–H groups in total. The molecule has 1 heterocycles. The second-order valence-corrected chi connectivity index (χ2v) is 7.91. The van der Waals surface area contributed by atoms with Gasteiger partial charge >= 0.3 is 0 Å². The van der Waals surface area contributed by atoms with E-state index in [1.165, 1.54) is 12.1 Å². The van der Waals surface area contributed by atoms with Gasteiger partial charge in [-0.3, -0.25) is 9.69 Å². The summed E-state index contributed by atoms with van der Waals surface area (Å²) in [4.78, 5) is 14.6. The highest BCUT2D eigenvalue weighted by atomic mass is 19.1. The number of phenols is 1. The quantitative estimate of drug-likeness (QED) is 0.830. The Bertz CT molecular complexity index is 760. The third-order valence-electron chi connectivity index (χ3n) is 5.83. The van der Waals surface area contributed by atoms with E-state index >= 15 is 4.39 Å². The topological polar surface area (TPSA) is 40.5 Å². The van der Waals surface area contributed by atoms with Crippen molar-refractivity contribution in [3.8, 4) is 5.75 Å². The summed E-state index contributed by atoms with van der Waals surface area (Å²) in [6.45, 7) is 1.97. The van der Waals surface area contributed by atoms with Gasteiger partial charge in [0.05, 0.1) is 6.54 Å². The van der Waals surface area contributed by atoms with Gasteiger partial charge in [-0.2, -0.15) is 0 Å². The first kappa shape index (κ1) is 17.2. The minimum atomic E-state index is -1.11. The standard InChI is InChI=1S/C22H24FNO2/c23-22(10-16-4-2-1-3-5-16)11-18-13-24(14-19(18)12-22)15-21(26)17-6-8-20(25)9-7-17/h1-9,18-19,25H,10-15H2/t18-,19?,22?/m1/s1. The highest BCUT2D eigenvalue weighted by Gasteiger charge is 2.49. The lowest BCUT2D eigenvalue weighted by Gasteiger charge is -2.23. The Hall–Kier alpha value is -2.20. The van der Waals surface area contributed by atoms with Crippen molar-refractivity contribution in [1.82, 2.24) is 4.90 Å². The molecule has 4 heteroatoms. The molecule has 0 radical (unpaired) electrons. The van der Waals surface area contributed by atoms with Crippen molar-refractivity contribution in [2.75, 3.05) is 19.6 Å². The molecule has 2 aromatic carbocycles. The Morgan fingerprint density at radius 2 is 1.65 bits per heavy atom. The largest absolute Gasteiger partial charge is 0.508 e. The van der Waals surface area contributed by atoms with E-state index in [0.29, 0.717) is 43.2 Å². The van der Waals surface area contributed by atoms with Crippen LogP contribution >= 0.6 is 0 Å². The van der Waals surface area contributed by atoms with E-state index in [9.17, 15) is 9.90 Å². The van der Waals surface area contributed by atoms with Gasteiger partial charge in [0.2, 0.25) is 0 Å². The molecule has 4 rings (SSSR count). The molecule has 136 valence electrons. The Morgan fingerprint density at radius 3 is 2.27 bits per heavy atom. The SMILES string of the molecule is O=C(CN1CC2CC(F)(Cc3ccccc3)C[C@@H]2C1)c1ccc(O)cc1. The first-order valence-electron chi connectivity index (χ1n) is 9.28. The zero-order chi connectivity index (χ0) is 18.1. The van der Waals surface area contributed by atoms with Crippen LogP contribution in [0.25, 0.3) is 0 Å². The van der Waals surface area contributed by atoms with Gasteiger partial charge in [0.15, 0.2) is 5.78 Å². The summed E-state index contributed by atoms with van der Waals surface area (Å²) in [6.07, 6.45) is 1.68. The molecule has 1 aliphatic carbocycles. The lowest BCUT2D eigenvalue weighted by atomic mass is 9.93. The van der Waals surface area contributed by atoms with Crippen LogP contribution in [0.4, 0.5) is 4.39 Å². The molecule has 2 unspecified atom stereocenters. The second kappa shape index (κ2) is 6.84. The average Bonchev–Trinajstić information content (AvgIpc) is 3.10. The molecular weight excluding hydrogens is 329 g/mol. The summed E-state index contributed by atoms with van der Waals surface area (Å²) < 4.78 is 15.3. The third kappa shape index (κ3) is 3.65. The van der Waals surface area contributed by atoms with Gasteiger partial charge in [-0.25, -0.2) is 4.39 Å². The van der Waals surface area contributed by atoms with E-state index in [1.807, 2.05) is 30.3 Å².